The highest BCUT2D eigenvalue weighted by molar-refractivity contribution is 9.10. The Morgan fingerprint density at radius 1 is 1.12 bits per heavy atom. The van der Waals surface area contributed by atoms with E-state index < -0.39 is 0 Å². The Labute approximate surface area is 167 Å². The number of hydrogen-bond acceptors (Lipinski definition) is 3. The van der Waals surface area contributed by atoms with Gasteiger partial charge in [-0.05, 0) is 35.7 Å². The molecule has 0 spiro atoms. The number of hydrogen-bond donors (Lipinski definition) is 1. The summed E-state index contributed by atoms with van der Waals surface area (Å²) in [6, 6.07) is 12.2. The van der Waals surface area contributed by atoms with E-state index in [-0.39, 0.29) is 16.4 Å². The number of halogens is 3. The molecule has 0 unspecified atom stereocenters. The van der Waals surface area contributed by atoms with Crippen LogP contribution in [0.15, 0.2) is 59.3 Å². The van der Waals surface area contributed by atoms with Crippen LogP contribution in [0.25, 0.3) is 0 Å². The smallest absolute Gasteiger partial charge is 0.359 e. The molecule has 8 heteroatoms. The molecule has 132 valence electrons. The Morgan fingerprint density at radius 3 is 2.62 bits per heavy atom. The number of pyridine rings is 1. The topological polar surface area (TPSA) is 62.4 Å². The Hall–Kier alpha value is -2.15. The van der Waals surface area contributed by atoms with E-state index in [1.807, 2.05) is 18.2 Å². The van der Waals surface area contributed by atoms with Crippen molar-refractivity contribution in [2.45, 2.75) is 6.42 Å². The monoisotopic (exact) mass is 453 g/mol. The number of ether oxygens (including phenoxy) is 1. The van der Waals surface area contributed by atoms with Gasteiger partial charge in [0.25, 0.3) is 4.92 Å². The summed E-state index contributed by atoms with van der Waals surface area (Å²) in [5.74, 6) is 0.517. The lowest BCUT2D eigenvalue weighted by atomic mass is 10.0. The van der Waals surface area contributed by atoms with Gasteiger partial charge >= 0.3 is 5.69 Å². The van der Waals surface area contributed by atoms with E-state index in [9.17, 15) is 10.1 Å². The molecule has 0 aliphatic rings. The summed E-state index contributed by atoms with van der Waals surface area (Å²) >= 11 is 15.4. The van der Waals surface area contributed by atoms with Gasteiger partial charge in [-0.25, -0.2) is 5.21 Å². The molecule has 0 saturated heterocycles. The van der Waals surface area contributed by atoms with E-state index >= 15 is 0 Å². The van der Waals surface area contributed by atoms with Crippen molar-refractivity contribution in [1.29, 1.82) is 0 Å². The van der Waals surface area contributed by atoms with Crippen LogP contribution in [-0.2, 0) is 6.42 Å². The van der Waals surface area contributed by atoms with E-state index in [0.29, 0.717) is 26.7 Å². The van der Waals surface area contributed by atoms with Crippen molar-refractivity contribution in [3.8, 4) is 11.5 Å². The first-order chi connectivity index (χ1) is 12.4. The zero-order chi connectivity index (χ0) is 18.7. The number of rotatable bonds is 5. The number of aromatic nitrogens is 1. The van der Waals surface area contributed by atoms with Crippen LogP contribution in [-0.4, -0.2) is 15.1 Å². The number of nitrogens with zero attached hydrogens (tertiary/aromatic N) is 2. The van der Waals surface area contributed by atoms with Crippen LogP contribution in [0, 0.1) is 4.91 Å². The van der Waals surface area contributed by atoms with Crippen LogP contribution in [0.3, 0.4) is 0 Å². The van der Waals surface area contributed by atoms with Gasteiger partial charge in [-0.3, -0.25) is 4.98 Å². The van der Waals surface area contributed by atoms with Crippen LogP contribution in [0.5, 0.6) is 11.5 Å². The van der Waals surface area contributed by atoms with Gasteiger partial charge in [-0.1, -0.05) is 51.3 Å². The fourth-order valence-electron chi connectivity index (χ4n) is 2.39. The van der Waals surface area contributed by atoms with Gasteiger partial charge in [-0.2, -0.15) is 0 Å². The minimum Gasteiger partial charge on any atom is -0.448 e. The molecule has 0 atom stereocenters. The molecule has 26 heavy (non-hydrogen) atoms. The third-order valence-corrected chi connectivity index (χ3v) is 4.71. The Kier molecular flexibility index (Phi) is 5.76. The second-order valence-electron chi connectivity index (χ2n) is 5.43. The van der Waals surface area contributed by atoms with Gasteiger partial charge in [0.05, 0.1) is 16.1 Å². The van der Waals surface area contributed by atoms with E-state index in [2.05, 4.69) is 20.9 Å². The normalized spacial score (nSPS) is 10.6. The summed E-state index contributed by atoms with van der Waals surface area (Å²) in [6.45, 7) is 0. The predicted octanol–water partition coefficient (Wildman–Crippen LogP) is 6.33. The second kappa shape index (κ2) is 8.03. The molecule has 3 rings (SSSR count). The van der Waals surface area contributed by atoms with Gasteiger partial charge in [0.15, 0.2) is 0 Å². The Bertz CT molecular complexity index is 982. The fraction of sp³-hybridized carbons (Fsp3) is 0.0556. The molecule has 3 aromatic rings. The summed E-state index contributed by atoms with van der Waals surface area (Å²) < 4.78 is 6.37. The van der Waals surface area contributed by atoms with Gasteiger partial charge in [0, 0.05) is 27.8 Å². The maximum atomic E-state index is 11.5. The molecule has 0 aliphatic carbocycles. The van der Waals surface area contributed by atoms with Crippen LogP contribution < -0.4 is 4.74 Å². The van der Waals surface area contributed by atoms with Crippen molar-refractivity contribution in [3.63, 3.8) is 0 Å². The highest BCUT2D eigenvalue weighted by Crippen LogP contribution is 2.37. The van der Waals surface area contributed by atoms with Gasteiger partial charge < -0.3 is 4.74 Å². The molecule has 0 saturated carbocycles. The average Bonchev–Trinajstić information content (AvgIpc) is 2.57. The largest absolute Gasteiger partial charge is 0.448 e. The predicted molar refractivity (Wildman–Crippen MR) is 103 cm³/mol. The standard InChI is InChI=1S/C18H12BrCl2N2O3/c19-16-8-17(23(24)25)18(26-15-7-14(21)9-22-10-15)6-12(16)4-11-2-1-3-13(20)5-11/h1-3,5-10H,4H2,(H,24,25)/q+1. The van der Waals surface area contributed by atoms with E-state index in [4.69, 9.17) is 27.9 Å². The van der Waals surface area contributed by atoms with Crippen molar-refractivity contribution >= 4 is 44.8 Å². The molecule has 5 nitrogen and oxygen atoms in total. The molecular weight excluding hydrogens is 443 g/mol. The Balaban J connectivity index is 2.00. The maximum absolute atomic E-state index is 11.5. The van der Waals surface area contributed by atoms with Crippen LogP contribution in [0.2, 0.25) is 10.0 Å². The maximum Gasteiger partial charge on any atom is 0.359 e. The molecule has 0 bridgehead atoms. The Morgan fingerprint density at radius 2 is 1.92 bits per heavy atom. The molecule has 0 fully saturated rings. The van der Waals surface area contributed by atoms with E-state index in [0.717, 1.165) is 11.1 Å². The van der Waals surface area contributed by atoms with Crippen molar-refractivity contribution in [2.24, 2.45) is 0 Å². The lowest BCUT2D eigenvalue weighted by molar-refractivity contribution is -0.730. The lowest BCUT2D eigenvalue weighted by Crippen LogP contribution is -1.99. The fourth-order valence-corrected chi connectivity index (χ4v) is 3.24. The molecule has 1 heterocycles. The summed E-state index contributed by atoms with van der Waals surface area (Å²) in [7, 11) is 0. The van der Waals surface area contributed by atoms with Crippen LogP contribution >= 0.6 is 39.1 Å². The molecule has 0 amide bonds. The minimum atomic E-state index is -0.249. The van der Waals surface area contributed by atoms with Crippen LogP contribution in [0.1, 0.15) is 11.1 Å². The average molecular weight is 455 g/mol. The zero-order valence-corrected chi connectivity index (χ0v) is 16.3. The first kappa shape index (κ1) is 18.6. The third kappa shape index (κ3) is 4.52. The summed E-state index contributed by atoms with van der Waals surface area (Å²) in [4.78, 5) is 15.2. The minimum absolute atomic E-state index is 0.0494. The molecule has 2 aromatic carbocycles. The number of benzene rings is 2. The highest BCUT2D eigenvalue weighted by Gasteiger charge is 2.24. The summed E-state index contributed by atoms with van der Waals surface area (Å²) in [5.41, 5.74) is 1.79. The third-order valence-electron chi connectivity index (χ3n) is 3.53. The van der Waals surface area contributed by atoms with E-state index in [1.165, 1.54) is 18.5 Å². The first-order valence-corrected chi connectivity index (χ1v) is 8.98. The molecule has 0 radical (unpaired) electrons. The van der Waals surface area contributed by atoms with Crippen molar-refractivity contribution < 1.29 is 14.9 Å². The molecule has 1 aromatic heterocycles. The van der Waals surface area contributed by atoms with E-state index in [1.54, 1.807) is 18.2 Å². The molecule has 1 N–H and O–H groups in total. The first-order valence-electron chi connectivity index (χ1n) is 7.44. The summed E-state index contributed by atoms with van der Waals surface area (Å²) in [5, 5.41) is 10.4. The van der Waals surface area contributed by atoms with Crippen molar-refractivity contribution in [2.75, 3.05) is 0 Å². The van der Waals surface area contributed by atoms with Crippen molar-refractivity contribution in [1.82, 2.24) is 4.98 Å². The van der Waals surface area contributed by atoms with Crippen molar-refractivity contribution in [3.05, 3.63) is 85.4 Å². The SMILES string of the molecule is O=[N+](O)c1cc(Br)c(Cc2cccc(Cl)c2)cc1Oc1cncc(Cl)c1. The highest BCUT2D eigenvalue weighted by atomic mass is 79.9. The zero-order valence-electron chi connectivity index (χ0n) is 13.2. The second-order valence-corrected chi connectivity index (χ2v) is 7.16. The van der Waals surface area contributed by atoms with Crippen LogP contribution in [0.4, 0.5) is 5.69 Å². The van der Waals surface area contributed by atoms with Gasteiger partial charge in [0.2, 0.25) is 5.75 Å². The lowest BCUT2D eigenvalue weighted by Gasteiger charge is -2.10. The van der Waals surface area contributed by atoms with Gasteiger partial charge in [-0.15, -0.1) is 0 Å². The quantitative estimate of drug-likeness (QED) is 0.457. The molecule has 0 aliphatic heterocycles. The summed E-state index contributed by atoms with van der Waals surface area (Å²) in [6.07, 6.45) is 3.48. The molecular formula is C18H12BrCl2N2O3+. The van der Waals surface area contributed by atoms with Gasteiger partial charge in [0.1, 0.15) is 5.75 Å².